The first-order valence-corrected chi connectivity index (χ1v) is 2.95. The Hall–Kier alpha value is -0.0800. The largest absolute Gasteiger partial charge is 0.248 e. The van der Waals surface area contributed by atoms with Crippen molar-refractivity contribution in [3.05, 3.63) is 0 Å². The number of rotatable bonds is 2. The Kier molecular flexibility index (Phi) is 3.02. The maximum Gasteiger partial charge on any atom is 0.0186 e. The number of hydrogen-bond acceptors (Lipinski definition) is 2. The van der Waals surface area contributed by atoms with E-state index in [9.17, 15) is 0 Å². The summed E-state index contributed by atoms with van der Waals surface area (Å²) in [7, 11) is 6.16. The fourth-order valence-electron chi connectivity index (χ4n) is 0.462. The zero-order valence-electron chi connectivity index (χ0n) is 6.47. The quantitative estimate of drug-likeness (QED) is 0.492. The summed E-state index contributed by atoms with van der Waals surface area (Å²) in [5.41, 5.74) is 0. The molecule has 0 aliphatic rings. The third kappa shape index (κ3) is 2.28. The van der Waals surface area contributed by atoms with E-state index in [2.05, 4.69) is 30.9 Å². The minimum atomic E-state index is 0.602. The van der Waals surface area contributed by atoms with Gasteiger partial charge in [-0.3, -0.25) is 0 Å². The van der Waals surface area contributed by atoms with E-state index in [1.54, 1.807) is 0 Å². The van der Waals surface area contributed by atoms with Crippen LogP contribution in [0.4, 0.5) is 0 Å². The molecule has 0 atom stereocenters. The van der Waals surface area contributed by atoms with Crippen LogP contribution in [-0.2, 0) is 0 Å². The maximum atomic E-state index is 2.17. The standard InChI is InChI=1S/C6H16N2/c1-6(2)8(5)7(3)4/h6H,1-5H3. The van der Waals surface area contributed by atoms with Crippen LogP contribution >= 0.6 is 0 Å². The Balaban J connectivity index is 3.46. The normalized spacial score (nSPS) is 12.0. The predicted molar refractivity (Wildman–Crippen MR) is 36.6 cm³/mol. The van der Waals surface area contributed by atoms with Crippen LogP contribution < -0.4 is 0 Å². The average Bonchev–Trinajstić information content (AvgIpc) is 1.64. The first-order chi connectivity index (χ1) is 3.55. The molecule has 0 N–H and O–H groups in total. The number of nitrogens with zero attached hydrogens (tertiary/aromatic N) is 2. The fraction of sp³-hybridized carbons (Fsp3) is 1.00. The second kappa shape index (κ2) is 3.05. The van der Waals surface area contributed by atoms with Gasteiger partial charge in [0.2, 0.25) is 0 Å². The summed E-state index contributed by atoms with van der Waals surface area (Å²) < 4.78 is 0. The lowest BCUT2D eigenvalue weighted by Crippen LogP contribution is -2.38. The van der Waals surface area contributed by atoms with Crippen LogP contribution in [-0.4, -0.2) is 37.2 Å². The zero-order chi connectivity index (χ0) is 6.73. The molecule has 0 bridgehead atoms. The van der Waals surface area contributed by atoms with Crippen molar-refractivity contribution in [2.75, 3.05) is 21.1 Å². The van der Waals surface area contributed by atoms with Gasteiger partial charge in [-0.25, -0.2) is 10.0 Å². The van der Waals surface area contributed by atoms with E-state index in [0.29, 0.717) is 6.04 Å². The van der Waals surface area contributed by atoms with E-state index in [1.807, 2.05) is 14.1 Å². The minimum Gasteiger partial charge on any atom is -0.248 e. The van der Waals surface area contributed by atoms with E-state index >= 15 is 0 Å². The SMILES string of the molecule is CC(C)N(C)N(C)C. The zero-order valence-corrected chi connectivity index (χ0v) is 6.47. The molecular formula is C6H16N2. The lowest BCUT2D eigenvalue weighted by molar-refractivity contribution is 0.0244. The van der Waals surface area contributed by atoms with Gasteiger partial charge in [0, 0.05) is 27.2 Å². The molecule has 0 saturated carbocycles. The summed E-state index contributed by atoms with van der Waals surface area (Å²) in [6.07, 6.45) is 0. The Morgan fingerprint density at radius 3 is 1.38 bits per heavy atom. The molecular weight excluding hydrogens is 100 g/mol. The molecule has 0 aliphatic heterocycles. The van der Waals surface area contributed by atoms with Gasteiger partial charge in [0.1, 0.15) is 0 Å². The van der Waals surface area contributed by atoms with Crippen molar-refractivity contribution in [3.63, 3.8) is 0 Å². The van der Waals surface area contributed by atoms with Crippen LogP contribution in [0, 0.1) is 0 Å². The van der Waals surface area contributed by atoms with E-state index in [0.717, 1.165) is 0 Å². The molecule has 0 saturated heterocycles. The smallest absolute Gasteiger partial charge is 0.0186 e. The molecule has 50 valence electrons. The summed E-state index contributed by atoms with van der Waals surface area (Å²) in [4.78, 5) is 0. The topological polar surface area (TPSA) is 6.48 Å². The highest BCUT2D eigenvalue weighted by molar-refractivity contribution is 4.48. The third-order valence-electron chi connectivity index (χ3n) is 1.38. The molecule has 0 radical (unpaired) electrons. The van der Waals surface area contributed by atoms with Crippen molar-refractivity contribution in [2.45, 2.75) is 19.9 Å². The molecule has 0 amide bonds. The van der Waals surface area contributed by atoms with Gasteiger partial charge >= 0.3 is 0 Å². The highest BCUT2D eigenvalue weighted by atomic mass is 15.6. The number of hydrazine groups is 1. The van der Waals surface area contributed by atoms with Crippen molar-refractivity contribution >= 4 is 0 Å². The van der Waals surface area contributed by atoms with Gasteiger partial charge in [-0.05, 0) is 13.8 Å². The molecule has 0 rings (SSSR count). The van der Waals surface area contributed by atoms with Gasteiger partial charge in [0.25, 0.3) is 0 Å². The van der Waals surface area contributed by atoms with Crippen LogP contribution in [0.5, 0.6) is 0 Å². The monoisotopic (exact) mass is 116 g/mol. The summed E-state index contributed by atoms with van der Waals surface area (Å²) in [5.74, 6) is 0. The first kappa shape index (κ1) is 7.92. The van der Waals surface area contributed by atoms with Crippen molar-refractivity contribution in [1.29, 1.82) is 0 Å². The molecule has 0 heterocycles. The van der Waals surface area contributed by atoms with Gasteiger partial charge in [-0.2, -0.15) is 0 Å². The molecule has 8 heavy (non-hydrogen) atoms. The van der Waals surface area contributed by atoms with Gasteiger partial charge < -0.3 is 0 Å². The summed E-state index contributed by atoms with van der Waals surface area (Å²) >= 11 is 0. The van der Waals surface area contributed by atoms with Crippen LogP contribution in [0.15, 0.2) is 0 Å². The Morgan fingerprint density at radius 2 is 1.38 bits per heavy atom. The predicted octanol–water partition coefficient (Wildman–Crippen LogP) is 0.803. The summed E-state index contributed by atoms with van der Waals surface area (Å²) in [5, 5.41) is 4.24. The van der Waals surface area contributed by atoms with E-state index < -0.39 is 0 Å². The van der Waals surface area contributed by atoms with Crippen LogP contribution in [0.25, 0.3) is 0 Å². The minimum absolute atomic E-state index is 0.602. The van der Waals surface area contributed by atoms with Crippen molar-refractivity contribution < 1.29 is 0 Å². The van der Waals surface area contributed by atoms with Crippen LogP contribution in [0.2, 0.25) is 0 Å². The van der Waals surface area contributed by atoms with E-state index in [4.69, 9.17) is 0 Å². The summed E-state index contributed by atoms with van der Waals surface area (Å²) in [6, 6.07) is 0.602. The van der Waals surface area contributed by atoms with Crippen molar-refractivity contribution in [1.82, 2.24) is 10.0 Å². The lowest BCUT2D eigenvalue weighted by Gasteiger charge is -2.27. The Bertz CT molecular complexity index is 51.5. The van der Waals surface area contributed by atoms with Gasteiger partial charge in [-0.15, -0.1) is 0 Å². The number of hydrogen-bond donors (Lipinski definition) is 0. The second-order valence-corrected chi connectivity index (χ2v) is 2.51. The lowest BCUT2D eigenvalue weighted by atomic mass is 10.4. The molecule has 0 aromatic carbocycles. The third-order valence-corrected chi connectivity index (χ3v) is 1.38. The average molecular weight is 116 g/mol. The maximum absolute atomic E-state index is 2.17. The van der Waals surface area contributed by atoms with Crippen molar-refractivity contribution in [2.24, 2.45) is 0 Å². The molecule has 0 spiro atoms. The Morgan fingerprint density at radius 1 is 1.00 bits per heavy atom. The fourth-order valence-corrected chi connectivity index (χ4v) is 0.462. The van der Waals surface area contributed by atoms with Crippen LogP contribution in [0.1, 0.15) is 13.8 Å². The molecule has 2 nitrogen and oxygen atoms in total. The second-order valence-electron chi connectivity index (χ2n) is 2.51. The van der Waals surface area contributed by atoms with Crippen molar-refractivity contribution in [3.8, 4) is 0 Å². The molecule has 0 unspecified atom stereocenters. The molecule has 0 aromatic heterocycles. The first-order valence-electron chi connectivity index (χ1n) is 2.95. The Labute approximate surface area is 52.1 Å². The molecule has 0 aromatic rings. The molecule has 0 fully saturated rings. The van der Waals surface area contributed by atoms with Gasteiger partial charge in [-0.1, -0.05) is 0 Å². The summed E-state index contributed by atoms with van der Waals surface area (Å²) in [6.45, 7) is 4.33. The van der Waals surface area contributed by atoms with Crippen LogP contribution in [0.3, 0.4) is 0 Å². The highest BCUT2D eigenvalue weighted by Crippen LogP contribution is 1.93. The van der Waals surface area contributed by atoms with E-state index in [1.165, 1.54) is 0 Å². The van der Waals surface area contributed by atoms with Gasteiger partial charge in [0.05, 0.1) is 0 Å². The molecule has 2 heteroatoms. The van der Waals surface area contributed by atoms with Gasteiger partial charge in [0.15, 0.2) is 0 Å². The molecule has 0 aliphatic carbocycles. The highest BCUT2D eigenvalue weighted by Gasteiger charge is 2.02. The van der Waals surface area contributed by atoms with E-state index in [-0.39, 0.29) is 0 Å².